The van der Waals surface area contributed by atoms with E-state index in [1.165, 1.54) is 17.4 Å². The van der Waals surface area contributed by atoms with Gasteiger partial charge in [0, 0.05) is 4.90 Å². The summed E-state index contributed by atoms with van der Waals surface area (Å²) < 4.78 is 5.20. The SMILES string of the molecule is Cc1ccc(SCc2cc(C(=O)O)co2)cc1C. The van der Waals surface area contributed by atoms with Crippen LogP contribution in [-0.4, -0.2) is 11.1 Å². The molecule has 94 valence electrons. The number of carboxylic acids is 1. The van der Waals surface area contributed by atoms with Crippen LogP contribution in [0.3, 0.4) is 0 Å². The van der Waals surface area contributed by atoms with E-state index in [0.717, 1.165) is 4.90 Å². The summed E-state index contributed by atoms with van der Waals surface area (Å²) in [6.45, 7) is 4.16. The highest BCUT2D eigenvalue weighted by Crippen LogP contribution is 2.25. The Morgan fingerprint density at radius 2 is 2.06 bits per heavy atom. The van der Waals surface area contributed by atoms with Crippen molar-refractivity contribution >= 4 is 17.7 Å². The van der Waals surface area contributed by atoms with Crippen molar-refractivity contribution in [3.05, 3.63) is 53.0 Å². The number of aromatic carboxylic acids is 1. The maximum absolute atomic E-state index is 10.7. The number of rotatable bonds is 4. The Balaban J connectivity index is 2.02. The van der Waals surface area contributed by atoms with Crippen LogP contribution in [0.15, 0.2) is 39.8 Å². The summed E-state index contributed by atoms with van der Waals surface area (Å²) in [5.41, 5.74) is 2.72. The van der Waals surface area contributed by atoms with E-state index in [1.807, 2.05) is 0 Å². The van der Waals surface area contributed by atoms with Crippen molar-refractivity contribution in [2.45, 2.75) is 24.5 Å². The maximum Gasteiger partial charge on any atom is 0.338 e. The number of thioether (sulfide) groups is 1. The van der Waals surface area contributed by atoms with Gasteiger partial charge in [-0.3, -0.25) is 0 Å². The Bertz CT molecular complexity index is 572. The fourth-order valence-corrected chi connectivity index (χ4v) is 2.41. The molecule has 2 aromatic rings. The van der Waals surface area contributed by atoms with Crippen LogP contribution >= 0.6 is 11.8 Å². The summed E-state index contributed by atoms with van der Waals surface area (Å²) >= 11 is 1.63. The molecule has 1 aromatic carbocycles. The summed E-state index contributed by atoms with van der Waals surface area (Å²) in [5.74, 6) is 0.354. The van der Waals surface area contributed by atoms with E-state index < -0.39 is 5.97 Å². The summed E-state index contributed by atoms with van der Waals surface area (Å²) in [7, 11) is 0. The van der Waals surface area contributed by atoms with Crippen molar-refractivity contribution < 1.29 is 14.3 Å². The molecule has 3 nitrogen and oxygen atoms in total. The molecule has 1 aromatic heterocycles. The maximum atomic E-state index is 10.7. The second-order valence-electron chi connectivity index (χ2n) is 4.14. The van der Waals surface area contributed by atoms with Gasteiger partial charge in [-0.25, -0.2) is 4.79 Å². The van der Waals surface area contributed by atoms with Gasteiger partial charge in [0.1, 0.15) is 12.0 Å². The summed E-state index contributed by atoms with van der Waals surface area (Å²) in [6.07, 6.45) is 1.28. The molecule has 0 spiro atoms. The molecule has 1 N–H and O–H groups in total. The van der Waals surface area contributed by atoms with Crippen LogP contribution < -0.4 is 0 Å². The topological polar surface area (TPSA) is 50.4 Å². The lowest BCUT2D eigenvalue weighted by Gasteiger charge is -2.03. The number of carbonyl (C=O) groups is 1. The molecule has 0 saturated carbocycles. The molecule has 2 rings (SSSR count). The third-order valence-corrected chi connectivity index (χ3v) is 3.78. The van der Waals surface area contributed by atoms with Crippen LogP contribution in [0.1, 0.15) is 27.2 Å². The number of aryl methyl sites for hydroxylation is 2. The monoisotopic (exact) mass is 262 g/mol. The van der Waals surface area contributed by atoms with Gasteiger partial charge < -0.3 is 9.52 Å². The minimum atomic E-state index is -0.957. The fourth-order valence-electron chi connectivity index (χ4n) is 1.53. The molecule has 0 amide bonds. The molecule has 0 unspecified atom stereocenters. The normalized spacial score (nSPS) is 10.6. The molecule has 4 heteroatoms. The molecule has 0 aliphatic carbocycles. The number of hydrogen-bond acceptors (Lipinski definition) is 3. The highest BCUT2D eigenvalue weighted by atomic mass is 32.2. The Morgan fingerprint density at radius 1 is 1.28 bits per heavy atom. The largest absolute Gasteiger partial charge is 0.478 e. The van der Waals surface area contributed by atoms with Crippen LogP contribution in [0.25, 0.3) is 0 Å². The van der Waals surface area contributed by atoms with E-state index in [4.69, 9.17) is 9.52 Å². The van der Waals surface area contributed by atoms with E-state index >= 15 is 0 Å². The van der Waals surface area contributed by atoms with Crippen molar-refractivity contribution in [1.82, 2.24) is 0 Å². The molecule has 18 heavy (non-hydrogen) atoms. The van der Waals surface area contributed by atoms with E-state index in [0.29, 0.717) is 11.5 Å². The first kappa shape index (κ1) is 12.8. The zero-order chi connectivity index (χ0) is 13.1. The van der Waals surface area contributed by atoms with Crippen molar-refractivity contribution in [2.24, 2.45) is 0 Å². The molecule has 0 aliphatic rings. The third kappa shape index (κ3) is 2.96. The van der Waals surface area contributed by atoms with Gasteiger partial charge >= 0.3 is 5.97 Å². The van der Waals surface area contributed by atoms with Crippen LogP contribution in [0.2, 0.25) is 0 Å². The second-order valence-corrected chi connectivity index (χ2v) is 5.19. The van der Waals surface area contributed by atoms with Gasteiger partial charge in [0.05, 0.1) is 11.3 Å². The van der Waals surface area contributed by atoms with Gasteiger partial charge in [-0.05, 0) is 43.2 Å². The molecular formula is C14H14O3S. The molecule has 0 aliphatic heterocycles. The number of hydrogen-bond donors (Lipinski definition) is 1. The van der Waals surface area contributed by atoms with E-state index in [1.54, 1.807) is 17.8 Å². The van der Waals surface area contributed by atoms with Gasteiger partial charge in [0.15, 0.2) is 0 Å². The Hall–Kier alpha value is -1.68. The average Bonchev–Trinajstić information content (AvgIpc) is 2.79. The molecule has 0 bridgehead atoms. The van der Waals surface area contributed by atoms with E-state index in [-0.39, 0.29) is 5.56 Å². The van der Waals surface area contributed by atoms with Crippen molar-refractivity contribution in [1.29, 1.82) is 0 Å². The summed E-state index contributed by atoms with van der Waals surface area (Å²) in [4.78, 5) is 11.9. The van der Waals surface area contributed by atoms with E-state index in [9.17, 15) is 4.79 Å². The molecule has 0 atom stereocenters. The molecule has 0 fully saturated rings. The lowest BCUT2D eigenvalue weighted by Crippen LogP contribution is -1.91. The summed E-state index contributed by atoms with van der Waals surface area (Å²) in [6, 6.07) is 7.84. The lowest BCUT2D eigenvalue weighted by atomic mass is 10.1. The second kappa shape index (κ2) is 5.31. The first-order valence-corrected chi connectivity index (χ1v) is 6.55. The smallest absolute Gasteiger partial charge is 0.338 e. The van der Waals surface area contributed by atoms with Gasteiger partial charge in [0.2, 0.25) is 0 Å². The zero-order valence-electron chi connectivity index (χ0n) is 10.3. The number of furan rings is 1. The van der Waals surface area contributed by atoms with Crippen LogP contribution in [0, 0.1) is 13.8 Å². The van der Waals surface area contributed by atoms with Gasteiger partial charge in [-0.15, -0.1) is 11.8 Å². The Labute approximate surface area is 110 Å². The minimum Gasteiger partial charge on any atom is -0.478 e. The van der Waals surface area contributed by atoms with Crippen molar-refractivity contribution in [3.63, 3.8) is 0 Å². The summed E-state index contributed by atoms with van der Waals surface area (Å²) in [5, 5.41) is 8.78. The number of benzene rings is 1. The van der Waals surface area contributed by atoms with Crippen LogP contribution in [0.4, 0.5) is 0 Å². The highest BCUT2D eigenvalue weighted by Gasteiger charge is 2.08. The quantitative estimate of drug-likeness (QED) is 0.849. The average molecular weight is 262 g/mol. The van der Waals surface area contributed by atoms with Gasteiger partial charge in [0.25, 0.3) is 0 Å². The molecule has 0 saturated heterocycles. The van der Waals surface area contributed by atoms with Crippen LogP contribution in [0.5, 0.6) is 0 Å². The fraction of sp³-hybridized carbons (Fsp3) is 0.214. The molecular weight excluding hydrogens is 248 g/mol. The Morgan fingerprint density at radius 3 is 2.67 bits per heavy atom. The van der Waals surface area contributed by atoms with Gasteiger partial charge in [-0.1, -0.05) is 6.07 Å². The first-order valence-electron chi connectivity index (χ1n) is 5.57. The third-order valence-electron chi connectivity index (χ3n) is 2.76. The highest BCUT2D eigenvalue weighted by molar-refractivity contribution is 7.98. The Kier molecular flexibility index (Phi) is 3.77. The lowest BCUT2D eigenvalue weighted by molar-refractivity contribution is 0.0696. The minimum absolute atomic E-state index is 0.200. The van der Waals surface area contributed by atoms with Gasteiger partial charge in [-0.2, -0.15) is 0 Å². The zero-order valence-corrected chi connectivity index (χ0v) is 11.1. The van der Waals surface area contributed by atoms with Crippen molar-refractivity contribution in [3.8, 4) is 0 Å². The number of carboxylic acid groups (broad SMARTS) is 1. The predicted octanol–water partition coefficient (Wildman–Crippen LogP) is 3.89. The molecule has 0 radical (unpaired) electrons. The van der Waals surface area contributed by atoms with Crippen LogP contribution in [-0.2, 0) is 5.75 Å². The van der Waals surface area contributed by atoms with Crippen molar-refractivity contribution in [2.75, 3.05) is 0 Å². The molecule has 1 heterocycles. The standard InChI is InChI=1S/C14H14O3S/c1-9-3-4-13(5-10(9)2)18-8-12-6-11(7-17-12)14(15)16/h3-7H,8H2,1-2H3,(H,15,16). The van der Waals surface area contributed by atoms with E-state index in [2.05, 4.69) is 32.0 Å². The predicted molar refractivity (Wildman–Crippen MR) is 71.1 cm³/mol. The first-order chi connectivity index (χ1) is 8.56.